The molecule has 26 heavy (non-hydrogen) atoms. The van der Waals surface area contributed by atoms with Crippen LogP contribution in [-0.2, 0) is 0 Å². The number of hydrogen-bond donors (Lipinski definition) is 1. The Morgan fingerprint density at radius 3 is 1.31 bits per heavy atom. The average Bonchev–Trinajstić information content (AvgIpc) is 2.66. The van der Waals surface area contributed by atoms with Crippen LogP contribution in [0.1, 0.15) is 71.6 Å². The molecule has 0 spiro atoms. The van der Waals surface area contributed by atoms with Crippen LogP contribution in [0.2, 0.25) is 0 Å². The van der Waals surface area contributed by atoms with Crippen LogP contribution < -0.4 is 0 Å². The molecule has 0 aliphatic heterocycles. The van der Waals surface area contributed by atoms with Crippen molar-refractivity contribution in [3.8, 4) is 0 Å². The highest BCUT2D eigenvalue weighted by molar-refractivity contribution is 5.01. The monoisotopic (exact) mass is 356 g/mol. The smallest absolute Gasteiger partial charge is 0.0462 e. The van der Waals surface area contributed by atoms with Gasteiger partial charge in [-0.2, -0.15) is 0 Å². The average molecular weight is 357 g/mol. The standard InChI is InChI=1S/C25H40O/c1-3-5-6-7-8-9-10-11-12-13-14-15-16-17-18-19-20-21-23-25(24-26)22-4-2/h5-6,8-9,11-12,14-15,17-18,20-21,25-26H,3-4,7,10,13,16,19,22-24H2,1-2H3/b6-5-,9-8-,12-11-,15-14-,18-17-,21-20+. The molecule has 0 aliphatic carbocycles. The number of hydrogen-bond acceptors (Lipinski definition) is 1. The minimum atomic E-state index is 0.305. The van der Waals surface area contributed by atoms with Crippen molar-refractivity contribution in [1.29, 1.82) is 0 Å². The summed E-state index contributed by atoms with van der Waals surface area (Å²) in [6, 6.07) is 0. The lowest BCUT2D eigenvalue weighted by Gasteiger charge is -2.08. The van der Waals surface area contributed by atoms with Crippen molar-refractivity contribution in [2.75, 3.05) is 6.61 Å². The Morgan fingerprint density at radius 2 is 0.962 bits per heavy atom. The summed E-state index contributed by atoms with van der Waals surface area (Å²) in [4.78, 5) is 0. The number of rotatable bonds is 16. The second-order valence-electron chi connectivity index (χ2n) is 6.49. The molecule has 0 heterocycles. The fraction of sp³-hybridized carbons (Fsp3) is 0.520. The topological polar surface area (TPSA) is 20.2 Å². The molecule has 0 amide bonds. The molecule has 0 rings (SSSR count). The van der Waals surface area contributed by atoms with Crippen LogP contribution in [0.3, 0.4) is 0 Å². The van der Waals surface area contributed by atoms with Gasteiger partial charge in [-0.25, -0.2) is 0 Å². The molecule has 0 bridgehead atoms. The molecular weight excluding hydrogens is 316 g/mol. The van der Waals surface area contributed by atoms with Crippen LogP contribution in [0.5, 0.6) is 0 Å². The van der Waals surface area contributed by atoms with Gasteiger partial charge < -0.3 is 5.11 Å². The minimum absolute atomic E-state index is 0.305. The Hall–Kier alpha value is -1.60. The summed E-state index contributed by atoms with van der Waals surface area (Å²) in [5.74, 6) is 0.435. The Labute approximate surface area is 162 Å². The molecule has 0 fully saturated rings. The Bertz CT molecular complexity index is 449. The molecule has 0 aromatic carbocycles. The first-order valence-electron chi connectivity index (χ1n) is 10.4. The summed E-state index contributed by atoms with van der Waals surface area (Å²) in [7, 11) is 0. The van der Waals surface area contributed by atoms with E-state index in [2.05, 4.69) is 86.8 Å². The molecule has 0 radical (unpaired) electrons. The zero-order chi connectivity index (χ0) is 19.1. The maximum Gasteiger partial charge on any atom is 0.0462 e. The van der Waals surface area contributed by atoms with Gasteiger partial charge in [0.15, 0.2) is 0 Å². The van der Waals surface area contributed by atoms with E-state index < -0.39 is 0 Å². The van der Waals surface area contributed by atoms with E-state index in [1.54, 1.807) is 0 Å². The zero-order valence-corrected chi connectivity index (χ0v) is 17.0. The van der Waals surface area contributed by atoms with Crippen molar-refractivity contribution in [3.63, 3.8) is 0 Å². The van der Waals surface area contributed by atoms with Gasteiger partial charge in [0.2, 0.25) is 0 Å². The molecule has 1 unspecified atom stereocenters. The van der Waals surface area contributed by atoms with Crippen molar-refractivity contribution < 1.29 is 5.11 Å². The predicted octanol–water partition coefficient (Wildman–Crippen LogP) is 7.48. The van der Waals surface area contributed by atoms with E-state index in [1.165, 1.54) is 0 Å². The molecule has 1 N–H and O–H groups in total. The molecule has 0 saturated heterocycles. The van der Waals surface area contributed by atoms with E-state index in [-0.39, 0.29) is 0 Å². The Kier molecular flexibility index (Phi) is 20.1. The molecule has 0 aromatic heterocycles. The van der Waals surface area contributed by atoms with Crippen molar-refractivity contribution in [2.45, 2.75) is 71.6 Å². The second kappa shape index (κ2) is 21.4. The molecule has 1 heteroatoms. The van der Waals surface area contributed by atoms with Gasteiger partial charge in [-0.05, 0) is 57.3 Å². The van der Waals surface area contributed by atoms with E-state index in [0.29, 0.717) is 12.5 Å². The largest absolute Gasteiger partial charge is 0.396 e. The van der Waals surface area contributed by atoms with E-state index in [0.717, 1.165) is 57.8 Å². The van der Waals surface area contributed by atoms with Crippen LogP contribution in [0.15, 0.2) is 72.9 Å². The lowest BCUT2D eigenvalue weighted by molar-refractivity contribution is 0.219. The molecule has 0 aromatic rings. The fourth-order valence-electron chi connectivity index (χ4n) is 2.50. The molecule has 1 atom stereocenters. The van der Waals surface area contributed by atoms with Gasteiger partial charge >= 0.3 is 0 Å². The van der Waals surface area contributed by atoms with Gasteiger partial charge in [0.25, 0.3) is 0 Å². The summed E-state index contributed by atoms with van der Waals surface area (Å²) >= 11 is 0. The summed E-state index contributed by atoms with van der Waals surface area (Å²) < 4.78 is 0. The van der Waals surface area contributed by atoms with Gasteiger partial charge in [-0.3, -0.25) is 0 Å². The third-order valence-corrected chi connectivity index (χ3v) is 4.02. The van der Waals surface area contributed by atoms with Gasteiger partial charge in [-0.15, -0.1) is 0 Å². The first kappa shape index (κ1) is 24.4. The molecule has 1 nitrogen and oxygen atoms in total. The molecule has 0 aliphatic rings. The summed E-state index contributed by atoms with van der Waals surface area (Å²) in [6.07, 6.45) is 36.0. The van der Waals surface area contributed by atoms with E-state index >= 15 is 0 Å². The van der Waals surface area contributed by atoms with Crippen LogP contribution in [0, 0.1) is 5.92 Å². The number of aliphatic hydroxyl groups excluding tert-OH is 1. The highest BCUT2D eigenvalue weighted by atomic mass is 16.3. The van der Waals surface area contributed by atoms with Crippen LogP contribution in [-0.4, -0.2) is 11.7 Å². The molecular formula is C25H40O. The first-order chi connectivity index (χ1) is 12.8. The third-order valence-electron chi connectivity index (χ3n) is 4.02. The zero-order valence-electron chi connectivity index (χ0n) is 17.0. The molecule has 0 saturated carbocycles. The Balaban J connectivity index is 3.61. The SMILES string of the molecule is CC/C=C\C/C=C\C/C=C\C/C=C\C/C=C\C/C=C/CC(CO)CCC. The normalized spacial score (nSPS) is 14.4. The van der Waals surface area contributed by atoms with Gasteiger partial charge in [-0.1, -0.05) is 93.2 Å². The van der Waals surface area contributed by atoms with Crippen LogP contribution >= 0.6 is 0 Å². The minimum Gasteiger partial charge on any atom is -0.396 e. The number of allylic oxidation sites excluding steroid dienone is 12. The van der Waals surface area contributed by atoms with Gasteiger partial charge in [0.1, 0.15) is 0 Å². The quantitative estimate of drug-likeness (QED) is 0.284. The van der Waals surface area contributed by atoms with E-state index in [4.69, 9.17) is 0 Å². The highest BCUT2D eigenvalue weighted by Crippen LogP contribution is 2.11. The predicted molar refractivity (Wildman–Crippen MR) is 118 cm³/mol. The van der Waals surface area contributed by atoms with Crippen molar-refractivity contribution in [1.82, 2.24) is 0 Å². The highest BCUT2D eigenvalue weighted by Gasteiger charge is 2.02. The second-order valence-corrected chi connectivity index (χ2v) is 6.49. The number of aliphatic hydroxyl groups is 1. The summed E-state index contributed by atoms with van der Waals surface area (Å²) in [6.45, 7) is 4.63. The fourth-order valence-corrected chi connectivity index (χ4v) is 2.50. The lowest BCUT2D eigenvalue weighted by atomic mass is 10.0. The molecule has 146 valence electrons. The first-order valence-corrected chi connectivity index (χ1v) is 10.4. The van der Waals surface area contributed by atoms with Crippen molar-refractivity contribution in [3.05, 3.63) is 72.9 Å². The van der Waals surface area contributed by atoms with E-state index in [1.807, 2.05) is 0 Å². The van der Waals surface area contributed by atoms with Crippen molar-refractivity contribution >= 4 is 0 Å². The maximum absolute atomic E-state index is 9.23. The Morgan fingerprint density at radius 1 is 0.577 bits per heavy atom. The van der Waals surface area contributed by atoms with Gasteiger partial charge in [0, 0.05) is 6.61 Å². The van der Waals surface area contributed by atoms with E-state index in [9.17, 15) is 5.11 Å². The van der Waals surface area contributed by atoms with Gasteiger partial charge in [0.05, 0.1) is 0 Å². The maximum atomic E-state index is 9.23. The van der Waals surface area contributed by atoms with Crippen molar-refractivity contribution in [2.24, 2.45) is 5.92 Å². The third kappa shape index (κ3) is 18.7. The summed E-state index contributed by atoms with van der Waals surface area (Å²) in [5.41, 5.74) is 0. The lowest BCUT2D eigenvalue weighted by Crippen LogP contribution is -2.03. The van der Waals surface area contributed by atoms with Crippen LogP contribution in [0.4, 0.5) is 0 Å². The van der Waals surface area contributed by atoms with Crippen LogP contribution in [0.25, 0.3) is 0 Å². The summed E-state index contributed by atoms with van der Waals surface area (Å²) in [5, 5.41) is 9.23.